The van der Waals surface area contributed by atoms with Crippen molar-refractivity contribution >= 4 is 44.2 Å². The molecule has 11 heteroatoms. The second-order valence-electron chi connectivity index (χ2n) is 13.0. The number of carbonyl (C=O) groups is 2. The number of urea groups is 1. The van der Waals surface area contributed by atoms with E-state index in [1.54, 1.807) is 47.3 Å². The van der Waals surface area contributed by atoms with E-state index in [-0.39, 0.29) is 11.3 Å². The van der Waals surface area contributed by atoms with Crippen molar-refractivity contribution in [2.45, 2.75) is 57.6 Å². The number of aromatic amines is 1. The molecule has 2 amide bonds. The van der Waals surface area contributed by atoms with Crippen LogP contribution < -0.4 is 9.80 Å². The Balaban J connectivity index is 1.20. The number of amides is 2. The summed E-state index contributed by atoms with van der Waals surface area (Å²) in [6.45, 7) is 8.18. The fourth-order valence-electron chi connectivity index (χ4n) is 6.10. The molecule has 0 saturated carbocycles. The maximum absolute atomic E-state index is 13.4. The molecule has 1 N–H and O–H groups in total. The summed E-state index contributed by atoms with van der Waals surface area (Å²) in [6, 6.07) is 17.2. The number of hydrogen-bond acceptors (Lipinski definition) is 7. The number of anilines is 2. The van der Waals surface area contributed by atoms with Gasteiger partial charge in [0.15, 0.2) is 0 Å². The summed E-state index contributed by atoms with van der Waals surface area (Å²) in [4.78, 5) is 39.6. The van der Waals surface area contributed by atoms with Crippen LogP contribution in [0.3, 0.4) is 0 Å². The van der Waals surface area contributed by atoms with Gasteiger partial charge in [-0.25, -0.2) is 23.0 Å². The second kappa shape index (κ2) is 11.6. The summed E-state index contributed by atoms with van der Waals surface area (Å²) in [5.41, 5.74) is 6.13. The fourth-order valence-corrected chi connectivity index (χ4v) is 7.16. The van der Waals surface area contributed by atoms with Gasteiger partial charge in [-0.2, -0.15) is 0 Å². The van der Waals surface area contributed by atoms with Crippen molar-refractivity contribution in [2.24, 2.45) is 0 Å². The molecule has 0 spiro atoms. The molecule has 1 saturated heterocycles. The van der Waals surface area contributed by atoms with Gasteiger partial charge in [-0.1, -0.05) is 24.3 Å². The van der Waals surface area contributed by atoms with E-state index in [9.17, 15) is 18.0 Å². The van der Waals surface area contributed by atoms with E-state index < -0.39 is 21.4 Å². The number of rotatable bonds is 6. The Kier molecular flexibility index (Phi) is 7.94. The van der Waals surface area contributed by atoms with Gasteiger partial charge in [-0.3, -0.25) is 14.7 Å². The predicted octanol–water partition coefficient (Wildman–Crippen LogP) is 5.77. The van der Waals surface area contributed by atoms with Crippen LogP contribution in [0.1, 0.15) is 55.1 Å². The van der Waals surface area contributed by atoms with E-state index in [0.29, 0.717) is 30.6 Å². The first-order chi connectivity index (χ1) is 21.3. The first-order valence-corrected chi connectivity index (χ1v) is 17.1. The lowest BCUT2D eigenvalue weighted by Gasteiger charge is -2.35. The minimum atomic E-state index is -2.98. The summed E-state index contributed by atoms with van der Waals surface area (Å²) in [6.07, 6.45) is 4.43. The maximum Gasteiger partial charge on any atom is 0.338 e. The van der Waals surface area contributed by atoms with Gasteiger partial charge in [0.2, 0.25) is 0 Å². The average molecular weight is 630 g/mol. The molecule has 6 rings (SSSR count). The Morgan fingerprint density at radius 3 is 2.33 bits per heavy atom. The number of carbonyl (C=O) groups excluding carboxylic acids is 2. The van der Waals surface area contributed by atoms with Gasteiger partial charge >= 0.3 is 12.0 Å². The predicted molar refractivity (Wildman–Crippen MR) is 176 cm³/mol. The van der Waals surface area contributed by atoms with Crippen LogP contribution in [-0.2, 0) is 27.7 Å². The summed E-state index contributed by atoms with van der Waals surface area (Å²) < 4.78 is 29.2. The topological polar surface area (TPSA) is 116 Å². The van der Waals surface area contributed by atoms with E-state index in [1.165, 1.54) is 11.8 Å². The number of aromatic nitrogens is 2. The molecule has 10 nitrogen and oxygen atoms in total. The number of piperidine rings is 1. The van der Waals surface area contributed by atoms with Crippen LogP contribution in [0.25, 0.3) is 22.3 Å². The number of nitrogens with zero attached hydrogens (tertiary/aromatic N) is 4. The van der Waals surface area contributed by atoms with Crippen LogP contribution in [0.2, 0.25) is 0 Å². The van der Waals surface area contributed by atoms with E-state index in [1.807, 2.05) is 20.8 Å². The number of benzene rings is 2. The number of nitrogens with one attached hydrogen (secondary N) is 1. The molecule has 45 heavy (non-hydrogen) atoms. The highest BCUT2D eigenvalue weighted by atomic mass is 32.2. The average Bonchev–Trinajstić information content (AvgIpc) is 3.43. The molecule has 0 radical (unpaired) electrons. The van der Waals surface area contributed by atoms with Crippen molar-refractivity contribution in [3.63, 3.8) is 0 Å². The van der Waals surface area contributed by atoms with Gasteiger partial charge in [0.05, 0.1) is 29.2 Å². The molecule has 0 unspecified atom stereocenters. The minimum absolute atomic E-state index is 0.180. The number of sulfone groups is 1. The lowest BCUT2D eigenvalue weighted by molar-refractivity contribution is 0.00695. The van der Waals surface area contributed by atoms with Gasteiger partial charge in [-0.15, -0.1) is 0 Å². The Morgan fingerprint density at radius 1 is 1.04 bits per heavy atom. The number of esters is 1. The highest BCUT2D eigenvalue weighted by molar-refractivity contribution is 7.91. The van der Waals surface area contributed by atoms with Gasteiger partial charge in [0, 0.05) is 42.2 Å². The van der Waals surface area contributed by atoms with Crippen LogP contribution in [0, 0.1) is 0 Å². The molecule has 2 aliphatic heterocycles. The quantitative estimate of drug-likeness (QED) is 0.269. The van der Waals surface area contributed by atoms with Gasteiger partial charge in [0.25, 0.3) is 0 Å². The van der Waals surface area contributed by atoms with E-state index >= 15 is 0 Å². The van der Waals surface area contributed by atoms with Crippen molar-refractivity contribution in [2.75, 3.05) is 36.2 Å². The zero-order valence-corrected chi connectivity index (χ0v) is 27.1. The number of pyridine rings is 1. The molecule has 1 fully saturated rings. The number of ether oxygens (including phenoxy) is 1. The van der Waals surface area contributed by atoms with Crippen LogP contribution in [0.5, 0.6) is 0 Å². The van der Waals surface area contributed by atoms with E-state index in [0.717, 1.165) is 53.2 Å². The zero-order chi connectivity index (χ0) is 32.1. The number of fused-ring (bicyclic) bond motifs is 3. The first kappa shape index (κ1) is 30.8. The molecular weight excluding hydrogens is 590 g/mol. The molecule has 2 aromatic heterocycles. The fraction of sp³-hybridized carbons (Fsp3) is 0.382. The number of hydrogen-bond donors (Lipinski definition) is 1. The highest BCUT2D eigenvalue weighted by Gasteiger charge is 2.31. The van der Waals surface area contributed by atoms with Crippen molar-refractivity contribution in [3.8, 4) is 11.3 Å². The van der Waals surface area contributed by atoms with E-state index in [4.69, 9.17) is 4.74 Å². The number of likely N-dealkylation sites (tertiary alicyclic amines) is 1. The monoisotopic (exact) mass is 629 g/mol. The van der Waals surface area contributed by atoms with Crippen LogP contribution >= 0.6 is 0 Å². The van der Waals surface area contributed by atoms with Crippen molar-refractivity contribution in [1.82, 2.24) is 14.9 Å². The first-order valence-electron chi connectivity index (χ1n) is 15.2. The zero-order valence-electron chi connectivity index (χ0n) is 26.3. The molecule has 4 aromatic rings. The minimum Gasteiger partial charge on any atom is -0.456 e. The maximum atomic E-state index is 13.4. The molecule has 0 bridgehead atoms. The molecule has 2 aliphatic rings. The Morgan fingerprint density at radius 2 is 1.71 bits per heavy atom. The Labute approximate surface area is 263 Å². The smallest absolute Gasteiger partial charge is 0.338 e. The van der Waals surface area contributed by atoms with Gasteiger partial charge < -0.3 is 9.72 Å². The molecular formula is C34H39N5O5S. The summed E-state index contributed by atoms with van der Waals surface area (Å²) in [7, 11) is -1.24. The van der Waals surface area contributed by atoms with E-state index in [2.05, 4.69) is 45.2 Å². The van der Waals surface area contributed by atoms with Crippen LogP contribution in [0.4, 0.5) is 16.2 Å². The summed E-state index contributed by atoms with van der Waals surface area (Å²) in [5.74, 6) is -0.406. The van der Waals surface area contributed by atoms with Gasteiger partial charge in [-0.05, 0) is 88.2 Å². The van der Waals surface area contributed by atoms with Crippen LogP contribution in [0.15, 0.2) is 60.8 Å². The highest BCUT2D eigenvalue weighted by Crippen LogP contribution is 2.37. The standard InChI is InChI=1S/C34H39N5O5S/c1-34(2,3)44-32(40)24-10-12-25(13-11-24)39-21-28-27-18-29(36-31(27)35-19-30(28)37(4)33(39)41)23-8-6-22(7-9-23)20-38-16-14-26(15-17-38)45(5,42)43/h6-13,18-19,26H,14-17,20-21H2,1-5H3,(H,35,36). The molecule has 4 heterocycles. The molecule has 236 valence electrons. The lowest BCUT2D eigenvalue weighted by Crippen LogP contribution is -2.45. The number of H-pyrrole nitrogens is 1. The molecule has 0 atom stereocenters. The summed E-state index contributed by atoms with van der Waals surface area (Å²) in [5, 5.41) is 0.710. The third kappa shape index (κ3) is 6.46. The second-order valence-corrected chi connectivity index (χ2v) is 15.4. The Bertz CT molecular complexity index is 1850. The third-order valence-electron chi connectivity index (χ3n) is 8.57. The summed E-state index contributed by atoms with van der Waals surface area (Å²) >= 11 is 0. The SMILES string of the molecule is CN1C(=O)N(c2ccc(C(=O)OC(C)(C)C)cc2)Cc2c1cnc1[nH]c(-c3ccc(CN4CCC(S(C)(=O)=O)CC4)cc3)cc21. The lowest BCUT2D eigenvalue weighted by atomic mass is 10.0. The van der Waals surface area contributed by atoms with Crippen molar-refractivity contribution < 1.29 is 22.7 Å². The Hall–Kier alpha value is -4.22. The molecule has 2 aromatic carbocycles. The van der Waals surface area contributed by atoms with Crippen LogP contribution in [-0.4, -0.2) is 72.5 Å². The van der Waals surface area contributed by atoms with Crippen molar-refractivity contribution in [3.05, 3.63) is 77.5 Å². The largest absolute Gasteiger partial charge is 0.456 e. The normalized spacial score (nSPS) is 16.7. The molecule has 0 aliphatic carbocycles. The van der Waals surface area contributed by atoms with Gasteiger partial charge in [0.1, 0.15) is 21.1 Å². The van der Waals surface area contributed by atoms with Crippen molar-refractivity contribution in [1.29, 1.82) is 0 Å². The third-order valence-corrected chi connectivity index (χ3v) is 10.2.